The number of likely N-dealkylation sites (tertiary alicyclic amines) is 1. The lowest BCUT2D eigenvalue weighted by Gasteiger charge is -2.35. The Bertz CT molecular complexity index is 604. The highest BCUT2D eigenvalue weighted by atomic mass is 15.2. The Morgan fingerprint density at radius 1 is 1.33 bits per heavy atom. The molecule has 4 heteroatoms. The third-order valence-electron chi connectivity index (χ3n) is 4.82. The van der Waals surface area contributed by atoms with Crippen LogP contribution in [0.25, 0.3) is 11.0 Å². The van der Waals surface area contributed by atoms with Crippen molar-refractivity contribution in [1.82, 2.24) is 19.8 Å². The summed E-state index contributed by atoms with van der Waals surface area (Å²) in [5.41, 5.74) is 2.34. The average molecular weight is 286 g/mol. The van der Waals surface area contributed by atoms with Gasteiger partial charge in [0.25, 0.3) is 0 Å². The van der Waals surface area contributed by atoms with Crippen LogP contribution in [-0.2, 0) is 6.54 Å². The summed E-state index contributed by atoms with van der Waals surface area (Å²) in [6.45, 7) is 7.63. The Morgan fingerprint density at radius 2 is 2.14 bits per heavy atom. The van der Waals surface area contributed by atoms with Crippen LogP contribution in [0.15, 0.2) is 24.3 Å². The highest BCUT2D eigenvalue weighted by Gasteiger charge is 2.22. The van der Waals surface area contributed by atoms with Crippen molar-refractivity contribution in [1.29, 1.82) is 0 Å². The molecule has 21 heavy (non-hydrogen) atoms. The Balaban J connectivity index is 1.59. The van der Waals surface area contributed by atoms with E-state index in [-0.39, 0.29) is 0 Å². The third-order valence-corrected chi connectivity index (χ3v) is 4.82. The van der Waals surface area contributed by atoms with E-state index in [1.54, 1.807) is 0 Å². The zero-order chi connectivity index (χ0) is 14.8. The lowest BCUT2D eigenvalue weighted by molar-refractivity contribution is 0.168. The van der Waals surface area contributed by atoms with Crippen LogP contribution in [0.2, 0.25) is 0 Å². The van der Waals surface area contributed by atoms with Gasteiger partial charge < -0.3 is 14.8 Å². The van der Waals surface area contributed by atoms with Crippen molar-refractivity contribution >= 4 is 11.0 Å². The fourth-order valence-electron chi connectivity index (χ4n) is 3.33. The monoisotopic (exact) mass is 286 g/mol. The number of imidazole rings is 1. The van der Waals surface area contributed by atoms with Crippen LogP contribution in [-0.4, -0.2) is 46.7 Å². The molecule has 1 aliphatic rings. The molecule has 2 atom stereocenters. The molecular weight excluding hydrogens is 260 g/mol. The molecule has 1 fully saturated rings. The summed E-state index contributed by atoms with van der Waals surface area (Å²) < 4.78 is 2.32. The van der Waals surface area contributed by atoms with Crippen LogP contribution >= 0.6 is 0 Å². The summed E-state index contributed by atoms with van der Waals surface area (Å²) in [5, 5.41) is 3.73. The van der Waals surface area contributed by atoms with E-state index in [4.69, 9.17) is 0 Å². The van der Waals surface area contributed by atoms with E-state index in [0.717, 1.165) is 24.4 Å². The maximum absolute atomic E-state index is 4.63. The number of hydrogen-bond donors (Lipinski definition) is 1. The summed E-state index contributed by atoms with van der Waals surface area (Å²) >= 11 is 0. The van der Waals surface area contributed by atoms with Gasteiger partial charge in [0.2, 0.25) is 0 Å². The second-order valence-corrected chi connectivity index (χ2v) is 6.30. The van der Waals surface area contributed by atoms with Crippen LogP contribution < -0.4 is 5.32 Å². The number of rotatable bonds is 4. The van der Waals surface area contributed by atoms with Gasteiger partial charge in [-0.05, 0) is 52.4 Å². The maximum atomic E-state index is 4.63. The Labute approximate surface area is 127 Å². The van der Waals surface area contributed by atoms with E-state index in [1.165, 1.54) is 24.9 Å². The second-order valence-electron chi connectivity index (χ2n) is 6.30. The van der Waals surface area contributed by atoms with E-state index < -0.39 is 0 Å². The molecule has 0 saturated carbocycles. The summed E-state index contributed by atoms with van der Waals surface area (Å²) in [7, 11) is 2.22. The van der Waals surface area contributed by atoms with Gasteiger partial charge in [0.15, 0.2) is 0 Å². The molecule has 3 rings (SSSR count). The van der Waals surface area contributed by atoms with E-state index in [1.807, 2.05) is 0 Å². The summed E-state index contributed by atoms with van der Waals surface area (Å²) in [5.74, 6) is 1.11. The first-order chi connectivity index (χ1) is 10.1. The normalized spacial score (nSPS) is 23.8. The van der Waals surface area contributed by atoms with Crippen LogP contribution in [0.3, 0.4) is 0 Å². The zero-order valence-electron chi connectivity index (χ0n) is 13.3. The molecule has 114 valence electrons. The summed E-state index contributed by atoms with van der Waals surface area (Å²) in [6, 6.07) is 9.74. The fourth-order valence-corrected chi connectivity index (χ4v) is 3.33. The fraction of sp³-hybridized carbons (Fsp3) is 0.588. The number of nitrogens with one attached hydrogen (secondary N) is 1. The van der Waals surface area contributed by atoms with Crippen LogP contribution in [0.4, 0.5) is 0 Å². The highest BCUT2D eigenvalue weighted by Crippen LogP contribution is 2.16. The average Bonchev–Trinajstić information content (AvgIpc) is 2.79. The first-order valence-corrected chi connectivity index (χ1v) is 8.00. The largest absolute Gasteiger partial charge is 0.327 e. The molecule has 1 saturated heterocycles. The number of hydrogen-bond acceptors (Lipinski definition) is 3. The molecule has 1 aliphatic heterocycles. The van der Waals surface area contributed by atoms with Crippen molar-refractivity contribution < 1.29 is 0 Å². The first-order valence-electron chi connectivity index (χ1n) is 8.00. The molecular formula is C17H26N4. The number of aromatic nitrogens is 2. The number of benzene rings is 1. The number of aryl methyl sites for hydroxylation is 1. The number of fused-ring (bicyclic) bond motifs is 1. The van der Waals surface area contributed by atoms with Crippen LogP contribution in [0.5, 0.6) is 0 Å². The van der Waals surface area contributed by atoms with Crippen molar-refractivity contribution in [3.05, 3.63) is 30.1 Å². The van der Waals surface area contributed by atoms with Crippen molar-refractivity contribution in [2.75, 3.05) is 20.1 Å². The number of piperidine rings is 1. The van der Waals surface area contributed by atoms with Gasteiger partial charge in [-0.15, -0.1) is 0 Å². The second kappa shape index (κ2) is 6.16. The van der Waals surface area contributed by atoms with Crippen molar-refractivity contribution in [2.24, 2.45) is 0 Å². The molecule has 0 radical (unpaired) electrons. The summed E-state index contributed by atoms with van der Waals surface area (Å²) in [4.78, 5) is 7.08. The summed E-state index contributed by atoms with van der Waals surface area (Å²) in [6.07, 6.45) is 2.50. The van der Waals surface area contributed by atoms with Gasteiger partial charge in [-0.25, -0.2) is 4.98 Å². The van der Waals surface area contributed by atoms with E-state index in [2.05, 4.69) is 64.9 Å². The van der Waals surface area contributed by atoms with E-state index in [0.29, 0.717) is 12.1 Å². The maximum Gasteiger partial charge on any atom is 0.106 e. The van der Waals surface area contributed by atoms with Crippen LogP contribution in [0, 0.1) is 6.92 Å². The number of para-hydroxylation sites is 2. The van der Waals surface area contributed by atoms with Gasteiger partial charge in [-0.2, -0.15) is 0 Å². The third kappa shape index (κ3) is 3.11. The van der Waals surface area contributed by atoms with Gasteiger partial charge >= 0.3 is 0 Å². The topological polar surface area (TPSA) is 33.1 Å². The molecule has 2 heterocycles. The van der Waals surface area contributed by atoms with Gasteiger partial charge in [-0.1, -0.05) is 12.1 Å². The predicted molar refractivity (Wildman–Crippen MR) is 87.6 cm³/mol. The quantitative estimate of drug-likeness (QED) is 0.937. The molecule has 1 aromatic carbocycles. The molecule has 0 spiro atoms. The van der Waals surface area contributed by atoms with Gasteiger partial charge in [0.1, 0.15) is 5.82 Å². The van der Waals surface area contributed by atoms with Gasteiger partial charge in [0.05, 0.1) is 11.0 Å². The Hall–Kier alpha value is -1.39. The Morgan fingerprint density at radius 3 is 2.95 bits per heavy atom. The van der Waals surface area contributed by atoms with Crippen molar-refractivity contribution in [3.63, 3.8) is 0 Å². The van der Waals surface area contributed by atoms with Crippen LogP contribution in [0.1, 0.15) is 25.6 Å². The smallest absolute Gasteiger partial charge is 0.106 e. The standard InChI is InChI=1S/C17H26N4/c1-13-12-15(8-10-20(13)3)18-9-11-21-14(2)19-16-6-4-5-7-17(16)21/h4-7,13,15,18H,8-12H2,1-3H3. The predicted octanol–water partition coefficient (Wildman–Crippen LogP) is 2.42. The van der Waals surface area contributed by atoms with Crippen molar-refractivity contribution in [3.8, 4) is 0 Å². The lowest BCUT2D eigenvalue weighted by atomic mass is 9.99. The molecule has 0 aliphatic carbocycles. The van der Waals surface area contributed by atoms with Gasteiger partial charge in [-0.3, -0.25) is 0 Å². The molecule has 0 bridgehead atoms. The minimum absolute atomic E-state index is 0.659. The Kier molecular flexibility index (Phi) is 4.27. The zero-order valence-corrected chi connectivity index (χ0v) is 13.3. The van der Waals surface area contributed by atoms with Crippen molar-refractivity contribution in [2.45, 2.75) is 45.3 Å². The molecule has 4 nitrogen and oxygen atoms in total. The molecule has 1 N–H and O–H groups in total. The van der Waals surface area contributed by atoms with E-state index >= 15 is 0 Å². The molecule has 2 unspecified atom stereocenters. The SMILES string of the molecule is Cc1nc2ccccc2n1CCNC1CCN(C)C(C)C1. The molecule has 2 aromatic rings. The highest BCUT2D eigenvalue weighted by molar-refractivity contribution is 5.75. The first kappa shape index (κ1) is 14.5. The number of nitrogens with zero attached hydrogens (tertiary/aromatic N) is 3. The lowest BCUT2D eigenvalue weighted by Crippen LogP contribution is -2.46. The minimum Gasteiger partial charge on any atom is -0.327 e. The van der Waals surface area contributed by atoms with Gasteiger partial charge in [0, 0.05) is 25.2 Å². The minimum atomic E-state index is 0.659. The molecule has 0 amide bonds. The molecule has 1 aromatic heterocycles. The van der Waals surface area contributed by atoms with E-state index in [9.17, 15) is 0 Å².